The largest absolute Gasteiger partial charge is 0.476 e. The highest BCUT2D eigenvalue weighted by molar-refractivity contribution is 9.10. The second-order valence-electron chi connectivity index (χ2n) is 14.7. The lowest BCUT2D eigenvalue weighted by atomic mass is 9.77. The van der Waals surface area contributed by atoms with Crippen molar-refractivity contribution in [3.8, 4) is 22.7 Å². The third kappa shape index (κ3) is 7.06. The Hall–Kier alpha value is -6.24. The lowest BCUT2D eigenvalue weighted by Gasteiger charge is -2.39. The fourth-order valence-corrected chi connectivity index (χ4v) is 8.71. The molecule has 298 valence electrons. The van der Waals surface area contributed by atoms with Crippen LogP contribution in [0.25, 0.3) is 33.7 Å². The van der Waals surface area contributed by atoms with Crippen molar-refractivity contribution in [2.75, 3.05) is 6.61 Å². The molecule has 2 aromatic heterocycles. The monoisotopic (exact) mass is 870 g/mol. The minimum absolute atomic E-state index is 0.0245. The molecule has 5 aromatic carbocycles. The molecule has 3 heterocycles. The molecule has 0 spiro atoms. The third-order valence-electron chi connectivity index (χ3n) is 10.8. The number of carboxylic acid groups (broad SMARTS) is 1. The van der Waals surface area contributed by atoms with Crippen LogP contribution in [-0.2, 0) is 26.4 Å². The molecule has 0 fully saturated rings. The number of carbonyl (C=O) groups is 2. The van der Waals surface area contributed by atoms with Gasteiger partial charge in [0.05, 0.1) is 10.4 Å². The molecular formula is C46H40BrClN6O5. The Balaban J connectivity index is 1.19. The summed E-state index contributed by atoms with van der Waals surface area (Å²) in [7, 11) is 0. The zero-order valence-corrected chi connectivity index (χ0v) is 34.8. The Morgan fingerprint density at radius 3 is 2.02 bits per heavy atom. The van der Waals surface area contributed by atoms with Crippen molar-refractivity contribution in [1.29, 1.82) is 0 Å². The van der Waals surface area contributed by atoms with E-state index >= 15 is 0 Å². The van der Waals surface area contributed by atoms with Crippen LogP contribution >= 0.6 is 27.5 Å². The molecule has 0 bridgehead atoms. The predicted octanol–water partition coefficient (Wildman–Crippen LogP) is 9.56. The average molecular weight is 872 g/mol. The number of aromatic nitrogens is 4. The van der Waals surface area contributed by atoms with E-state index < -0.39 is 23.1 Å². The van der Waals surface area contributed by atoms with E-state index in [1.54, 1.807) is 23.5 Å². The van der Waals surface area contributed by atoms with Crippen LogP contribution in [0.15, 0.2) is 153 Å². The second kappa shape index (κ2) is 16.2. The fraction of sp³-hybridized carbons (Fsp3) is 0.196. The number of benzene rings is 5. The van der Waals surface area contributed by atoms with Gasteiger partial charge in [0.15, 0.2) is 11.2 Å². The highest BCUT2D eigenvalue weighted by Crippen LogP contribution is 2.44. The summed E-state index contributed by atoms with van der Waals surface area (Å²) in [6.07, 6.45) is 0.395. The standard InChI is InChI=1S/C46H40BrClN6O5/c1-4-45(28-58-44(57)29(2)3)49-41(48)39(43(55)56)53(45)27-30-24-25-37-36(26-30)38(47)40(59-37)34-22-14-15-23-35(34)42-50-52-54(51-42)46(31-16-8-5-9-17-31,32-18-10-6-11-19-32)33-20-12-7-13-21-33/h5-26,29,49H,4,27-28H2,1-3H3,(H,55,56). The fourth-order valence-electron chi connectivity index (χ4n) is 7.75. The second-order valence-corrected chi connectivity index (χ2v) is 15.8. The number of carboxylic acids is 1. The van der Waals surface area contributed by atoms with Crippen LogP contribution < -0.4 is 5.32 Å². The number of tetrazole rings is 1. The van der Waals surface area contributed by atoms with E-state index in [9.17, 15) is 14.7 Å². The number of fused-ring (bicyclic) bond motifs is 1. The van der Waals surface area contributed by atoms with Crippen molar-refractivity contribution in [2.24, 2.45) is 5.92 Å². The van der Waals surface area contributed by atoms with Gasteiger partial charge in [0.25, 0.3) is 0 Å². The first kappa shape index (κ1) is 39.6. The first-order valence-corrected chi connectivity index (χ1v) is 20.4. The molecule has 59 heavy (non-hydrogen) atoms. The molecule has 7 aromatic rings. The number of nitrogens with zero attached hydrogens (tertiary/aromatic N) is 5. The number of furan rings is 1. The summed E-state index contributed by atoms with van der Waals surface area (Å²) < 4.78 is 12.9. The molecule has 2 N–H and O–H groups in total. The van der Waals surface area contributed by atoms with E-state index in [1.807, 2.05) is 104 Å². The van der Waals surface area contributed by atoms with Crippen LogP contribution in [0.2, 0.25) is 0 Å². The van der Waals surface area contributed by atoms with Crippen molar-refractivity contribution in [2.45, 2.75) is 44.9 Å². The van der Waals surface area contributed by atoms with Crippen LogP contribution in [0.4, 0.5) is 0 Å². The molecule has 8 rings (SSSR count). The maximum absolute atomic E-state index is 12.5. The Bertz CT molecular complexity index is 2590. The normalized spacial score (nSPS) is 15.5. The van der Waals surface area contributed by atoms with Crippen LogP contribution in [0.3, 0.4) is 0 Å². The highest BCUT2D eigenvalue weighted by atomic mass is 79.9. The summed E-state index contributed by atoms with van der Waals surface area (Å²) in [5.41, 5.74) is 3.61. The van der Waals surface area contributed by atoms with Crippen LogP contribution in [0, 0.1) is 5.92 Å². The zero-order valence-electron chi connectivity index (χ0n) is 32.5. The predicted molar refractivity (Wildman–Crippen MR) is 229 cm³/mol. The van der Waals surface area contributed by atoms with Gasteiger partial charge in [-0.1, -0.05) is 154 Å². The molecule has 0 amide bonds. The van der Waals surface area contributed by atoms with Gasteiger partial charge in [0.2, 0.25) is 5.82 Å². The molecule has 1 aliphatic rings. The van der Waals surface area contributed by atoms with Gasteiger partial charge in [-0.25, -0.2) is 4.79 Å². The van der Waals surface area contributed by atoms with Gasteiger partial charge >= 0.3 is 11.9 Å². The van der Waals surface area contributed by atoms with Crippen LogP contribution in [-0.4, -0.2) is 54.4 Å². The molecule has 13 heteroatoms. The molecular weight excluding hydrogens is 832 g/mol. The highest BCUT2D eigenvalue weighted by Gasteiger charge is 2.47. The molecule has 0 aliphatic carbocycles. The first-order valence-electron chi connectivity index (χ1n) is 19.2. The van der Waals surface area contributed by atoms with Crippen LogP contribution in [0.5, 0.6) is 0 Å². The number of aliphatic carboxylic acids is 1. The summed E-state index contributed by atoms with van der Waals surface area (Å²) >= 11 is 10.4. The first-order chi connectivity index (χ1) is 28.6. The number of halogens is 2. The van der Waals surface area contributed by atoms with Gasteiger partial charge in [-0.2, -0.15) is 0 Å². The molecule has 0 radical (unpaired) electrons. The number of hydrogen-bond acceptors (Lipinski definition) is 9. The van der Waals surface area contributed by atoms with Gasteiger partial charge < -0.3 is 24.5 Å². The summed E-state index contributed by atoms with van der Waals surface area (Å²) in [4.78, 5) is 28.4. The zero-order chi connectivity index (χ0) is 41.3. The van der Waals surface area contributed by atoms with Crippen molar-refractivity contribution >= 4 is 50.4 Å². The average Bonchev–Trinajstić information content (AvgIpc) is 3.95. The van der Waals surface area contributed by atoms with E-state index in [0.29, 0.717) is 33.6 Å². The Morgan fingerprint density at radius 2 is 1.46 bits per heavy atom. The summed E-state index contributed by atoms with van der Waals surface area (Å²) in [5, 5.41) is 28.7. The summed E-state index contributed by atoms with van der Waals surface area (Å²) in [6.45, 7) is 5.42. The maximum Gasteiger partial charge on any atom is 0.355 e. The smallest absolute Gasteiger partial charge is 0.355 e. The van der Waals surface area contributed by atoms with Gasteiger partial charge in [0.1, 0.15) is 28.8 Å². The van der Waals surface area contributed by atoms with Crippen molar-refractivity contribution in [1.82, 2.24) is 30.4 Å². The number of carbonyl (C=O) groups excluding carboxylic acids is 1. The minimum atomic E-state index is -1.20. The summed E-state index contributed by atoms with van der Waals surface area (Å²) in [5.74, 6) is -0.977. The molecule has 0 saturated heterocycles. The van der Waals surface area contributed by atoms with Crippen molar-refractivity contribution < 1.29 is 23.8 Å². The van der Waals surface area contributed by atoms with E-state index in [1.165, 1.54) is 0 Å². The lowest BCUT2D eigenvalue weighted by Crippen LogP contribution is -2.56. The molecule has 1 aliphatic heterocycles. The Labute approximate surface area is 354 Å². The van der Waals surface area contributed by atoms with Gasteiger partial charge in [0, 0.05) is 23.1 Å². The third-order valence-corrected chi connectivity index (χ3v) is 11.8. The van der Waals surface area contributed by atoms with Gasteiger partial charge in [-0.15, -0.1) is 15.0 Å². The molecule has 1 atom stereocenters. The minimum Gasteiger partial charge on any atom is -0.476 e. The topological polar surface area (TPSA) is 136 Å². The van der Waals surface area contributed by atoms with E-state index in [4.69, 9.17) is 36.2 Å². The summed E-state index contributed by atoms with van der Waals surface area (Å²) in [6, 6.07) is 43.9. The van der Waals surface area contributed by atoms with E-state index in [-0.39, 0.29) is 29.9 Å². The van der Waals surface area contributed by atoms with E-state index in [0.717, 1.165) is 33.2 Å². The lowest BCUT2D eigenvalue weighted by molar-refractivity contribution is -0.152. The quantitative estimate of drug-likeness (QED) is 0.0655. The number of ether oxygens (including phenoxy) is 1. The number of esters is 1. The number of nitrogens with one attached hydrogen (secondary N) is 1. The SMILES string of the molecule is CCC1(COC(=O)C(C)C)NC(Cl)=C(C(=O)O)N1Cc1ccc2oc(-c3ccccc3-c3nnn(C(c4ccccc4)(c4ccccc4)c4ccccc4)n3)c(Br)c2c1. The van der Waals surface area contributed by atoms with Crippen molar-refractivity contribution in [3.05, 3.63) is 171 Å². The Morgan fingerprint density at radius 1 is 0.881 bits per heavy atom. The number of rotatable bonds is 13. The molecule has 1 unspecified atom stereocenters. The van der Waals surface area contributed by atoms with Gasteiger partial charge in [-0.05, 0) is 62.0 Å². The van der Waals surface area contributed by atoms with Crippen molar-refractivity contribution in [3.63, 3.8) is 0 Å². The van der Waals surface area contributed by atoms with Gasteiger partial charge in [-0.3, -0.25) is 4.79 Å². The maximum atomic E-state index is 12.5. The van der Waals surface area contributed by atoms with Crippen LogP contribution in [0.1, 0.15) is 49.4 Å². The molecule has 0 saturated carbocycles. The molecule has 11 nitrogen and oxygen atoms in total. The van der Waals surface area contributed by atoms with E-state index in [2.05, 4.69) is 57.6 Å². The Kier molecular flexibility index (Phi) is 10.9. The number of hydrogen-bond donors (Lipinski definition) is 2.